The van der Waals surface area contributed by atoms with Crippen molar-refractivity contribution in [3.63, 3.8) is 0 Å². The Morgan fingerprint density at radius 2 is 1.83 bits per heavy atom. The molecule has 2 bridgehead atoms. The molecule has 2 fully saturated rings. The molecule has 0 aromatic heterocycles. The van der Waals surface area contributed by atoms with Crippen LogP contribution < -0.4 is 0 Å². The summed E-state index contributed by atoms with van der Waals surface area (Å²) in [6.07, 6.45) is 3.58. The first-order valence-electron chi connectivity index (χ1n) is 4.66. The number of hydrogen-bond acceptors (Lipinski definition) is 1. The van der Waals surface area contributed by atoms with E-state index in [0.717, 1.165) is 12.3 Å². The molecule has 1 radical (unpaired) electrons. The first-order chi connectivity index (χ1) is 4.98. The van der Waals surface area contributed by atoms with Gasteiger partial charge in [0, 0.05) is 22.4 Å². The van der Waals surface area contributed by atoms with Crippen LogP contribution >= 0.6 is 0 Å². The SMILES string of the molecule is CC1(C)C2CCC1(C)C(O)C2.[Ag]. The minimum Gasteiger partial charge on any atom is -0.393 e. The molecule has 1 N–H and O–H groups in total. The average molecular weight is 262 g/mol. The maximum Gasteiger partial charge on any atom is 0.0601 e. The summed E-state index contributed by atoms with van der Waals surface area (Å²) in [4.78, 5) is 0. The van der Waals surface area contributed by atoms with Gasteiger partial charge in [-0.3, -0.25) is 0 Å². The Hall–Kier alpha value is 0.700. The van der Waals surface area contributed by atoms with Gasteiger partial charge >= 0.3 is 0 Å². The van der Waals surface area contributed by atoms with Gasteiger partial charge in [0.2, 0.25) is 0 Å². The molecule has 3 atom stereocenters. The van der Waals surface area contributed by atoms with E-state index in [0.29, 0.717) is 5.41 Å². The molecule has 0 spiro atoms. The van der Waals surface area contributed by atoms with Gasteiger partial charge in [-0.05, 0) is 36.0 Å². The van der Waals surface area contributed by atoms with Crippen LogP contribution in [-0.4, -0.2) is 11.2 Å². The van der Waals surface area contributed by atoms with E-state index in [1.54, 1.807) is 0 Å². The van der Waals surface area contributed by atoms with E-state index in [9.17, 15) is 5.11 Å². The molecule has 2 aliphatic carbocycles. The van der Waals surface area contributed by atoms with E-state index < -0.39 is 0 Å². The molecule has 1 nitrogen and oxygen atoms in total. The Morgan fingerprint density at radius 3 is 2.00 bits per heavy atom. The fourth-order valence-corrected chi connectivity index (χ4v) is 3.16. The standard InChI is InChI=1S/C10H18O.Ag/c1-9(2)7-4-5-10(9,3)8(11)6-7;/h7-8,11H,4-6H2,1-3H3;. The molecule has 75 valence electrons. The molecule has 0 aromatic carbocycles. The fourth-order valence-electron chi connectivity index (χ4n) is 3.16. The normalized spacial score (nSPS) is 49.0. The van der Waals surface area contributed by atoms with Crippen LogP contribution in [-0.2, 0) is 22.4 Å². The van der Waals surface area contributed by atoms with Crippen molar-refractivity contribution in [3.8, 4) is 0 Å². The summed E-state index contributed by atoms with van der Waals surface area (Å²) >= 11 is 0. The van der Waals surface area contributed by atoms with Crippen LogP contribution in [0.25, 0.3) is 0 Å². The van der Waals surface area contributed by atoms with Crippen molar-refractivity contribution in [1.82, 2.24) is 0 Å². The van der Waals surface area contributed by atoms with Crippen LogP contribution in [0.2, 0.25) is 0 Å². The predicted molar refractivity (Wildman–Crippen MR) is 45.2 cm³/mol. The summed E-state index contributed by atoms with van der Waals surface area (Å²) in [5.74, 6) is 0.780. The predicted octanol–water partition coefficient (Wildman–Crippen LogP) is 2.19. The molecule has 0 heterocycles. The maximum atomic E-state index is 9.81. The third-order valence-corrected chi connectivity index (χ3v) is 4.75. The van der Waals surface area contributed by atoms with E-state index in [1.165, 1.54) is 12.8 Å². The maximum absolute atomic E-state index is 9.81. The van der Waals surface area contributed by atoms with Crippen molar-refractivity contribution in [2.75, 3.05) is 0 Å². The second-order valence-electron chi connectivity index (χ2n) is 5.13. The fraction of sp³-hybridized carbons (Fsp3) is 1.00. The summed E-state index contributed by atoms with van der Waals surface area (Å²) in [6.45, 7) is 6.90. The van der Waals surface area contributed by atoms with Crippen molar-refractivity contribution in [2.45, 2.75) is 46.1 Å². The number of rotatable bonds is 0. The molecule has 12 heavy (non-hydrogen) atoms. The molecular weight excluding hydrogens is 244 g/mol. The van der Waals surface area contributed by atoms with Gasteiger partial charge in [0.05, 0.1) is 6.10 Å². The van der Waals surface area contributed by atoms with Crippen molar-refractivity contribution < 1.29 is 27.5 Å². The van der Waals surface area contributed by atoms with E-state index >= 15 is 0 Å². The third-order valence-electron chi connectivity index (χ3n) is 4.75. The van der Waals surface area contributed by atoms with Gasteiger partial charge in [0.25, 0.3) is 0 Å². The Labute approximate surface area is 90.4 Å². The topological polar surface area (TPSA) is 20.2 Å². The summed E-state index contributed by atoms with van der Waals surface area (Å²) in [5, 5.41) is 9.81. The number of aliphatic hydroxyl groups is 1. The van der Waals surface area contributed by atoms with Gasteiger partial charge in [0.1, 0.15) is 0 Å². The van der Waals surface area contributed by atoms with E-state index in [2.05, 4.69) is 20.8 Å². The van der Waals surface area contributed by atoms with Crippen LogP contribution in [0.5, 0.6) is 0 Å². The Kier molecular flexibility index (Phi) is 2.56. The van der Waals surface area contributed by atoms with Crippen molar-refractivity contribution >= 4 is 0 Å². The third kappa shape index (κ3) is 1.00. The van der Waals surface area contributed by atoms with Crippen LogP contribution in [0.3, 0.4) is 0 Å². The molecule has 3 unspecified atom stereocenters. The quantitative estimate of drug-likeness (QED) is 0.663. The van der Waals surface area contributed by atoms with E-state index in [-0.39, 0.29) is 33.9 Å². The Balaban J connectivity index is 0.000000720. The molecule has 2 aliphatic rings. The van der Waals surface area contributed by atoms with Crippen LogP contribution in [0.1, 0.15) is 40.0 Å². The first-order valence-corrected chi connectivity index (χ1v) is 4.66. The number of fused-ring (bicyclic) bond motifs is 2. The molecule has 2 saturated carbocycles. The monoisotopic (exact) mass is 261 g/mol. The second-order valence-corrected chi connectivity index (χ2v) is 5.13. The molecule has 0 aromatic rings. The zero-order valence-electron chi connectivity index (χ0n) is 8.02. The summed E-state index contributed by atoms with van der Waals surface area (Å²) in [5.41, 5.74) is 0.601. The van der Waals surface area contributed by atoms with Crippen LogP contribution in [0, 0.1) is 16.7 Å². The van der Waals surface area contributed by atoms with Gasteiger partial charge in [-0.25, -0.2) is 0 Å². The van der Waals surface area contributed by atoms with Gasteiger partial charge in [-0.2, -0.15) is 0 Å². The van der Waals surface area contributed by atoms with E-state index in [1.807, 2.05) is 0 Å². The zero-order chi connectivity index (χ0) is 8.28. The minimum atomic E-state index is -0.0313. The smallest absolute Gasteiger partial charge is 0.0601 e. The number of aliphatic hydroxyl groups excluding tert-OH is 1. The average Bonchev–Trinajstić information content (AvgIpc) is 2.20. The molecular formula is C10H18AgO. The van der Waals surface area contributed by atoms with Gasteiger partial charge in [0.15, 0.2) is 0 Å². The van der Waals surface area contributed by atoms with Crippen molar-refractivity contribution in [1.29, 1.82) is 0 Å². The second kappa shape index (κ2) is 2.84. The molecule has 0 aliphatic heterocycles. The summed E-state index contributed by atoms with van der Waals surface area (Å²) in [7, 11) is 0. The minimum absolute atomic E-state index is 0. The van der Waals surface area contributed by atoms with E-state index in [4.69, 9.17) is 0 Å². The van der Waals surface area contributed by atoms with Crippen LogP contribution in [0.4, 0.5) is 0 Å². The first kappa shape index (κ1) is 10.8. The number of hydrogen-bond donors (Lipinski definition) is 1. The molecule has 2 rings (SSSR count). The molecule has 0 amide bonds. The molecule has 0 saturated heterocycles. The van der Waals surface area contributed by atoms with Gasteiger partial charge < -0.3 is 5.11 Å². The molecule has 2 heteroatoms. The van der Waals surface area contributed by atoms with Crippen molar-refractivity contribution in [3.05, 3.63) is 0 Å². The zero-order valence-corrected chi connectivity index (χ0v) is 9.51. The van der Waals surface area contributed by atoms with Crippen molar-refractivity contribution in [2.24, 2.45) is 16.7 Å². The Bertz CT molecular complexity index is 190. The van der Waals surface area contributed by atoms with Gasteiger partial charge in [-0.15, -0.1) is 0 Å². The largest absolute Gasteiger partial charge is 0.393 e. The van der Waals surface area contributed by atoms with Gasteiger partial charge in [-0.1, -0.05) is 20.8 Å². The van der Waals surface area contributed by atoms with Crippen LogP contribution in [0.15, 0.2) is 0 Å². The summed E-state index contributed by atoms with van der Waals surface area (Å²) < 4.78 is 0. The Morgan fingerprint density at radius 1 is 1.25 bits per heavy atom. The summed E-state index contributed by atoms with van der Waals surface area (Å²) in [6, 6.07) is 0.